The van der Waals surface area contributed by atoms with Gasteiger partial charge in [0.1, 0.15) is 0 Å². The maximum Gasteiger partial charge on any atom is 0.207 e. The molecule has 0 aromatic carbocycles. The van der Waals surface area contributed by atoms with Crippen LogP contribution in [0.5, 0.6) is 0 Å². The van der Waals surface area contributed by atoms with Gasteiger partial charge in [-0.3, -0.25) is 9.48 Å². The smallest absolute Gasteiger partial charge is 0.207 e. The zero-order chi connectivity index (χ0) is 16.6. The molecule has 1 aromatic heterocycles. The molecule has 6 nitrogen and oxygen atoms in total. The van der Waals surface area contributed by atoms with Crippen LogP contribution in [0.25, 0.3) is 0 Å². The van der Waals surface area contributed by atoms with E-state index in [2.05, 4.69) is 11.7 Å². The SMILES string of the molecule is C=C/C(=C\C=C/C)N1CCC2(OC)C(=O)c3cnn(C)c3N=C12. The van der Waals surface area contributed by atoms with Crippen molar-refractivity contribution < 1.29 is 9.53 Å². The van der Waals surface area contributed by atoms with Gasteiger partial charge in [-0.1, -0.05) is 18.7 Å². The Balaban J connectivity index is 2.16. The molecule has 1 unspecified atom stereocenters. The minimum absolute atomic E-state index is 0.0787. The van der Waals surface area contributed by atoms with E-state index >= 15 is 0 Å². The number of amidine groups is 1. The second-order valence-electron chi connectivity index (χ2n) is 5.52. The number of likely N-dealkylation sites (tertiary alicyclic amines) is 1. The standard InChI is InChI=1S/C17H20N4O2/c1-5-7-8-12(6-2)21-10-9-17(23-4)14(22)13-11-18-20(3)15(13)19-16(17)21/h5-8,11H,2,9-10H2,1,3-4H3/b7-5-,12-8+. The van der Waals surface area contributed by atoms with E-state index in [1.165, 1.54) is 0 Å². The maximum atomic E-state index is 13.0. The van der Waals surface area contributed by atoms with Gasteiger partial charge in [-0.25, -0.2) is 4.99 Å². The monoisotopic (exact) mass is 312 g/mol. The van der Waals surface area contributed by atoms with E-state index in [9.17, 15) is 4.79 Å². The summed E-state index contributed by atoms with van der Waals surface area (Å²) in [6.07, 6.45) is 9.70. The number of aromatic nitrogens is 2. The first-order valence-electron chi connectivity index (χ1n) is 7.53. The van der Waals surface area contributed by atoms with Gasteiger partial charge in [0, 0.05) is 32.8 Å². The lowest BCUT2D eigenvalue weighted by atomic mass is 9.89. The molecule has 23 heavy (non-hydrogen) atoms. The Hall–Kier alpha value is -2.47. The molecule has 0 bridgehead atoms. The number of ketones is 1. The topological polar surface area (TPSA) is 59.7 Å². The normalized spacial score (nSPS) is 24.0. The number of hydrogen-bond donors (Lipinski definition) is 0. The Bertz CT molecular complexity index is 757. The van der Waals surface area contributed by atoms with E-state index in [0.29, 0.717) is 30.2 Å². The summed E-state index contributed by atoms with van der Waals surface area (Å²) < 4.78 is 7.28. The molecule has 3 rings (SSSR count). The number of hydrogen-bond acceptors (Lipinski definition) is 5. The molecule has 1 aromatic rings. The van der Waals surface area contributed by atoms with Crippen molar-refractivity contribution in [1.82, 2.24) is 14.7 Å². The summed E-state index contributed by atoms with van der Waals surface area (Å²) in [7, 11) is 3.33. The molecule has 1 fully saturated rings. The fourth-order valence-corrected chi connectivity index (χ4v) is 3.11. The Morgan fingerprint density at radius 3 is 2.96 bits per heavy atom. The van der Waals surface area contributed by atoms with Crippen LogP contribution in [-0.2, 0) is 11.8 Å². The molecule has 1 atom stereocenters. The van der Waals surface area contributed by atoms with Crippen LogP contribution in [0.4, 0.5) is 5.82 Å². The Morgan fingerprint density at radius 1 is 1.52 bits per heavy atom. The zero-order valence-corrected chi connectivity index (χ0v) is 13.6. The number of allylic oxidation sites excluding steroid dienone is 4. The van der Waals surface area contributed by atoms with Gasteiger partial charge in [0.05, 0.1) is 11.8 Å². The van der Waals surface area contributed by atoms with Crippen molar-refractivity contribution in [3.63, 3.8) is 0 Å². The van der Waals surface area contributed by atoms with E-state index in [0.717, 1.165) is 5.70 Å². The van der Waals surface area contributed by atoms with E-state index in [1.807, 2.05) is 30.1 Å². The largest absolute Gasteiger partial charge is 0.362 e. The highest BCUT2D eigenvalue weighted by Gasteiger charge is 2.55. The summed E-state index contributed by atoms with van der Waals surface area (Å²) in [5.74, 6) is 1.10. The third kappa shape index (κ3) is 2.09. The predicted molar refractivity (Wildman–Crippen MR) is 88.8 cm³/mol. The summed E-state index contributed by atoms with van der Waals surface area (Å²) in [5, 5.41) is 4.15. The lowest BCUT2D eigenvalue weighted by molar-refractivity contribution is 0.0387. The van der Waals surface area contributed by atoms with E-state index in [1.54, 1.807) is 31.1 Å². The summed E-state index contributed by atoms with van der Waals surface area (Å²) in [6, 6.07) is 0. The van der Waals surface area contributed by atoms with Crippen molar-refractivity contribution in [2.45, 2.75) is 18.9 Å². The predicted octanol–water partition coefficient (Wildman–Crippen LogP) is 2.38. The molecule has 0 aliphatic carbocycles. The minimum Gasteiger partial charge on any atom is -0.362 e. The lowest BCUT2D eigenvalue weighted by Crippen LogP contribution is -2.49. The first-order valence-corrected chi connectivity index (χ1v) is 7.53. The molecule has 0 N–H and O–H groups in total. The molecule has 0 radical (unpaired) electrons. The molecule has 1 saturated heterocycles. The molecular formula is C17H20N4O2. The number of aliphatic imine (C=N–C) groups is 1. The highest BCUT2D eigenvalue weighted by atomic mass is 16.5. The van der Waals surface area contributed by atoms with Crippen molar-refractivity contribution in [1.29, 1.82) is 0 Å². The van der Waals surface area contributed by atoms with Crippen molar-refractivity contribution >= 4 is 17.4 Å². The maximum absolute atomic E-state index is 13.0. The van der Waals surface area contributed by atoms with Crippen LogP contribution >= 0.6 is 0 Å². The Morgan fingerprint density at radius 2 is 2.30 bits per heavy atom. The van der Waals surface area contributed by atoms with Crippen LogP contribution in [0.2, 0.25) is 0 Å². The van der Waals surface area contributed by atoms with Crippen LogP contribution in [0.3, 0.4) is 0 Å². The van der Waals surface area contributed by atoms with Crippen molar-refractivity contribution in [3.8, 4) is 0 Å². The van der Waals surface area contributed by atoms with Crippen LogP contribution in [0.1, 0.15) is 23.7 Å². The highest BCUT2D eigenvalue weighted by molar-refractivity contribution is 6.24. The second-order valence-corrected chi connectivity index (χ2v) is 5.52. The van der Waals surface area contributed by atoms with Gasteiger partial charge in [0.2, 0.25) is 5.78 Å². The first-order chi connectivity index (χ1) is 11.1. The molecule has 0 saturated carbocycles. The number of ether oxygens (including phenoxy) is 1. The summed E-state index contributed by atoms with van der Waals surface area (Å²) >= 11 is 0. The van der Waals surface area contributed by atoms with E-state index < -0.39 is 5.60 Å². The highest BCUT2D eigenvalue weighted by Crippen LogP contribution is 2.40. The van der Waals surface area contributed by atoms with E-state index in [-0.39, 0.29) is 5.78 Å². The number of fused-ring (bicyclic) bond motifs is 2. The van der Waals surface area contributed by atoms with E-state index in [4.69, 9.17) is 9.73 Å². The fraction of sp³-hybridized carbons (Fsp3) is 0.353. The first kappa shape index (κ1) is 15.4. The van der Waals surface area contributed by atoms with Gasteiger partial charge in [-0.15, -0.1) is 0 Å². The van der Waals surface area contributed by atoms with Crippen LogP contribution in [-0.4, -0.2) is 45.6 Å². The number of rotatable bonds is 4. The molecule has 0 spiro atoms. The van der Waals surface area contributed by atoms with Gasteiger partial charge in [-0.2, -0.15) is 5.10 Å². The minimum atomic E-state index is -1.03. The molecular weight excluding hydrogens is 292 g/mol. The number of carbonyl (C=O) groups excluding carboxylic acids is 1. The zero-order valence-electron chi connectivity index (χ0n) is 13.6. The molecule has 2 aliphatic rings. The molecule has 120 valence electrons. The fourth-order valence-electron chi connectivity index (χ4n) is 3.11. The van der Waals surface area contributed by atoms with Crippen LogP contribution in [0, 0.1) is 0 Å². The summed E-state index contributed by atoms with van der Waals surface area (Å²) in [6.45, 7) is 6.47. The lowest BCUT2D eigenvalue weighted by Gasteiger charge is -2.31. The molecule has 2 aliphatic heterocycles. The van der Waals surface area contributed by atoms with Gasteiger partial charge in [0.15, 0.2) is 17.3 Å². The number of nitrogens with zero attached hydrogens (tertiary/aromatic N) is 4. The Kier molecular flexibility index (Phi) is 3.77. The number of methoxy groups -OCH3 is 1. The van der Waals surface area contributed by atoms with Gasteiger partial charge in [0.25, 0.3) is 0 Å². The molecule has 0 amide bonds. The Labute approximate surface area is 135 Å². The van der Waals surface area contributed by atoms with Crippen molar-refractivity contribution in [3.05, 3.63) is 48.3 Å². The second kappa shape index (κ2) is 5.62. The van der Waals surface area contributed by atoms with Crippen molar-refractivity contribution in [2.75, 3.05) is 13.7 Å². The van der Waals surface area contributed by atoms with Gasteiger partial charge in [-0.05, 0) is 19.1 Å². The average molecular weight is 312 g/mol. The van der Waals surface area contributed by atoms with Crippen LogP contribution < -0.4 is 0 Å². The van der Waals surface area contributed by atoms with Gasteiger partial charge < -0.3 is 9.64 Å². The number of aryl methyl sites for hydroxylation is 1. The summed E-state index contributed by atoms with van der Waals surface area (Å²) in [4.78, 5) is 19.7. The van der Waals surface area contributed by atoms with Crippen LogP contribution in [0.15, 0.2) is 47.8 Å². The third-order valence-corrected chi connectivity index (χ3v) is 4.36. The molecule has 3 heterocycles. The third-order valence-electron chi connectivity index (χ3n) is 4.36. The quantitative estimate of drug-likeness (QED) is 0.801. The summed E-state index contributed by atoms with van der Waals surface area (Å²) in [5.41, 5.74) is 0.366. The van der Waals surface area contributed by atoms with Gasteiger partial charge >= 0.3 is 0 Å². The average Bonchev–Trinajstić information content (AvgIpc) is 3.12. The van der Waals surface area contributed by atoms with Crippen molar-refractivity contribution in [2.24, 2.45) is 12.0 Å². The molecule has 6 heteroatoms. The number of Topliss-reactive ketones (excluding diaryl/α,β-unsaturated/α-hetero) is 1. The number of carbonyl (C=O) groups is 1.